The molecule has 92 valence electrons. The summed E-state index contributed by atoms with van der Waals surface area (Å²) in [5, 5.41) is 9.97. The fourth-order valence-electron chi connectivity index (χ4n) is 1.49. The van der Waals surface area contributed by atoms with E-state index in [2.05, 4.69) is 15.5 Å². The molecule has 6 nitrogen and oxygen atoms in total. The summed E-state index contributed by atoms with van der Waals surface area (Å²) < 4.78 is 10.3. The molecule has 1 amide bonds. The molecule has 1 aromatic carbocycles. The van der Waals surface area contributed by atoms with E-state index >= 15 is 0 Å². The second-order valence-electron chi connectivity index (χ2n) is 4.05. The minimum absolute atomic E-state index is 0.0674. The maximum atomic E-state index is 11.5. The van der Waals surface area contributed by atoms with Crippen molar-refractivity contribution in [3.8, 4) is 5.75 Å². The minimum Gasteiger partial charge on any atom is -0.410 e. The molecule has 6 heteroatoms. The summed E-state index contributed by atoms with van der Waals surface area (Å²) in [5.74, 6) is 1.39. The number of rotatable bonds is 3. The van der Waals surface area contributed by atoms with Crippen molar-refractivity contribution < 1.29 is 13.9 Å². The zero-order valence-corrected chi connectivity index (χ0v) is 9.50. The lowest BCUT2D eigenvalue weighted by molar-refractivity contribution is 0.214. The van der Waals surface area contributed by atoms with Gasteiger partial charge in [0.2, 0.25) is 5.89 Å². The van der Waals surface area contributed by atoms with Crippen molar-refractivity contribution >= 4 is 12.1 Å². The van der Waals surface area contributed by atoms with Gasteiger partial charge in [-0.25, -0.2) is 10.1 Å². The van der Waals surface area contributed by atoms with E-state index in [0.29, 0.717) is 17.6 Å². The molecule has 1 heterocycles. The largest absolute Gasteiger partial charge is 0.420 e. The molecule has 0 radical (unpaired) electrons. The van der Waals surface area contributed by atoms with Gasteiger partial charge in [0, 0.05) is 5.92 Å². The fraction of sp³-hybridized carbons (Fsp3) is 0.250. The third-order valence-electron chi connectivity index (χ3n) is 2.53. The average Bonchev–Trinajstić information content (AvgIpc) is 3.12. The molecule has 1 fully saturated rings. The van der Waals surface area contributed by atoms with Gasteiger partial charge in [-0.2, -0.15) is 0 Å². The Balaban J connectivity index is 1.59. The van der Waals surface area contributed by atoms with Crippen LogP contribution in [-0.4, -0.2) is 16.3 Å². The molecule has 1 aromatic heterocycles. The van der Waals surface area contributed by atoms with Crippen molar-refractivity contribution in [3.05, 3.63) is 36.2 Å². The SMILES string of the molecule is O=C(Nc1nnc(C2CC2)o1)Oc1ccccc1. The average molecular weight is 245 g/mol. The molecule has 0 spiro atoms. The van der Waals surface area contributed by atoms with Crippen molar-refractivity contribution in [2.45, 2.75) is 18.8 Å². The number of aromatic nitrogens is 2. The maximum Gasteiger partial charge on any atom is 0.420 e. The van der Waals surface area contributed by atoms with Gasteiger partial charge in [-0.05, 0) is 25.0 Å². The maximum absolute atomic E-state index is 11.5. The van der Waals surface area contributed by atoms with Crippen LogP contribution in [0.15, 0.2) is 34.7 Å². The van der Waals surface area contributed by atoms with Gasteiger partial charge in [0.05, 0.1) is 0 Å². The molecule has 0 saturated heterocycles. The second kappa shape index (κ2) is 4.48. The number of nitrogens with one attached hydrogen (secondary N) is 1. The summed E-state index contributed by atoms with van der Waals surface area (Å²) in [6.45, 7) is 0. The normalized spacial score (nSPS) is 14.2. The quantitative estimate of drug-likeness (QED) is 0.899. The summed E-state index contributed by atoms with van der Waals surface area (Å²) in [6, 6.07) is 8.83. The predicted octanol–water partition coefficient (Wildman–Crippen LogP) is 2.56. The molecule has 18 heavy (non-hydrogen) atoms. The number of hydrogen-bond acceptors (Lipinski definition) is 5. The van der Waals surface area contributed by atoms with E-state index in [0.717, 1.165) is 12.8 Å². The third kappa shape index (κ3) is 2.48. The molecule has 1 saturated carbocycles. The number of carbonyl (C=O) groups is 1. The Bertz CT molecular complexity index is 549. The van der Waals surface area contributed by atoms with Gasteiger partial charge in [-0.1, -0.05) is 23.3 Å². The minimum atomic E-state index is -0.646. The van der Waals surface area contributed by atoms with E-state index in [1.165, 1.54) is 0 Å². The molecule has 0 unspecified atom stereocenters. The van der Waals surface area contributed by atoms with Crippen LogP contribution < -0.4 is 10.1 Å². The van der Waals surface area contributed by atoms with Crippen molar-refractivity contribution in [3.63, 3.8) is 0 Å². The van der Waals surface area contributed by atoms with E-state index in [-0.39, 0.29) is 6.01 Å². The van der Waals surface area contributed by atoms with Gasteiger partial charge in [0.25, 0.3) is 0 Å². The van der Waals surface area contributed by atoms with Crippen molar-refractivity contribution in [2.24, 2.45) is 0 Å². The van der Waals surface area contributed by atoms with Crippen molar-refractivity contribution in [1.82, 2.24) is 10.2 Å². The molecule has 2 aromatic rings. The van der Waals surface area contributed by atoms with E-state index in [9.17, 15) is 4.79 Å². The number of amides is 1. The standard InChI is InChI=1S/C12H11N3O3/c16-12(17-9-4-2-1-3-5-9)13-11-15-14-10(18-11)8-6-7-8/h1-5,8H,6-7H2,(H,13,15,16). The van der Waals surface area contributed by atoms with Gasteiger partial charge in [-0.15, -0.1) is 5.10 Å². The first kappa shape index (κ1) is 10.8. The van der Waals surface area contributed by atoms with Gasteiger partial charge in [0.1, 0.15) is 5.75 Å². The number of nitrogens with zero attached hydrogens (tertiary/aromatic N) is 2. The molecule has 1 aliphatic carbocycles. The number of carbonyl (C=O) groups excluding carboxylic acids is 1. The lowest BCUT2D eigenvalue weighted by atomic mass is 10.3. The molecule has 1 N–H and O–H groups in total. The lowest BCUT2D eigenvalue weighted by Crippen LogP contribution is -2.16. The summed E-state index contributed by atoms with van der Waals surface area (Å²) in [6.07, 6.45) is 1.49. The van der Waals surface area contributed by atoms with Crippen LogP contribution >= 0.6 is 0 Å². The van der Waals surface area contributed by atoms with Crippen LogP contribution in [0.2, 0.25) is 0 Å². The third-order valence-corrected chi connectivity index (χ3v) is 2.53. The molecule has 0 atom stereocenters. The van der Waals surface area contributed by atoms with Gasteiger partial charge < -0.3 is 9.15 Å². The zero-order chi connectivity index (χ0) is 12.4. The molecule has 0 aliphatic heterocycles. The highest BCUT2D eigenvalue weighted by molar-refractivity contribution is 5.83. The Morgan fingerprint density at radius 3 is 2.78 bits per heavy atom. The summed E-state index contributed by atoms with van der Waals surface area (Å²) in [5.41, 5.74) is 0. The topological polar surface area (TPSA) is 77.3 Å². The molecule has 3 rings (SSSR count). The van der Waals surface area contributed by atoms with Crippen LogP contribution in [0.3, 0.4) is 0 Å². The van der Waals surface area contributed by atoms with E-state index < -0.39 is 6.09 Å². The van der Waals surface area contributed by atoms with E-state index in [1.54, 1.807) is 24.3 Å². The Morgan fingerprint density at radius 2 is 2.06 bits per heavy atom. The Hall–Kier alpha value is -2.37. The number of para-hydroxylation sites is 1. The van der Waals surface area contributed by atoms with Gasteiger partial charge in [-0.3, -0.25) is 0 Å². The highest BCUT2D eigenvalue weighted by atomic mass is 16.6. The Morgan fingerprint density at radius 1 is 1.28 bits per heavy atom. The van der Waals surface area contributed by atoms with Crippen LogP contribution in [0, 0.1) is 0 Å². The Kier molecular flexibility index (Phi) is 2.68. The van der Waals surface area contributed by atoms with Gasteiger partial charge in [0.15, 0.2) is 0 Å². The fourth-order valence-corrected chi connectivity index (χ4v) is 1.49. The lowest BCUT2D eigenvalue weighted by Gasteiger charge is -2.02. The van der Waals surface area contributed by atoms with Crippen molar-refractivity contribution in [1.29, 1.82) is 0 Å². The van der Waals surface area contributed by atoms with Crippen LogP contribution in [0.25, 0.3) is 0 Å². The predicted molar refractivity (Wildman–Crippen MR) is 62.4 cm³/mol. The Labute approximate surface area is 103 Å². The first-order valence-corrected chi connectivity index (χ1v) is 5.68. The van der Waals surface area contributed by atoms with Gasteiger partial charge >= 0.3 is 12.1 Å². The van der Waals surface area contributed by atoms with E-state index in [1.807, 2.05) is 6.07 Å². The number of anilines is 1. The summed E-state index contributed by atoms with van der Waals surface area (Å²) >= 11 is 0. The summed E-state index contributed by atoms with van der Waals surface area (Å²) in [7, 11) is 0. The highest BCUT2D eigenvalue weighted by Gasteiger charge is 2.29. The molecular weight excluding hydrogens is 234 g/mol. The monoisotopic (exact) mass is 245 g/mol. The number of benzene rings is 1. The summed E-state index contributed by atoms with van der Waals surface area (Å²) in [4.78, 5) is 11.5. The van der Waals surface area contributed by atoms with Crippen LogP contribution in [0.4, 0.5) is 10.8 Å². The zero-order valence-electron chi connectivity index (χ0n) is 9.50. The van der Waals surface area contributed by atoms with Crippen LogP contribution in [-0.2, 0) is 0 Å². The first-order chi connectivity index (χ1) is 8.81. The molecule has 1 aliphatic rings. The highest BCUT2D eigenvalue weighted by Crippen LogP contribution is 2.39. The second-order valence-corrected chi connectivity index (χ2v) is 4.05. The number of ether oxygens (including phenoxy) is 1. The smallest absolute Gasteiger partial charge is 0.410 e. The number of hydrogen-bond donors (Lipinski definition) is 1. The van der Waals surface area contributed by atoms with E-state index in [4.69, 9.17) is 9.15 Å². The molecule has 0 bridgehead atoms. The first-order valence-electron chi connectivity index (χ1n) is 5.68. The van der Waals surface area contributed by atoms with Crippen molar-refractivity contribution in [2.75, 3.05) is 5.32 Å². The molecular formula is C12H11N3O3. The van der Waals surface area contributed by atoms with Crippen LogP contribution in [0.1, 0.15) is 24.7 Å². The van der Waals surface area contributed by atoms with Crippen LogP contribution in [0.5, 0.6) is 5.75 Å².